The number of aryl methyl sites for hydroxylation is 3. The van der Waals surface area contributed by atoms with Crippen molar-refractivity contribution in [2.45, 2.75) is 32.3 Å². The number of fused-ring (bicyclic) bond motifs is 1. The zero-order valence-electron chi connectivity index (χ0n) is 13.2. The van der Waals surface area contributed by atoms with Crippen molar-refractivity contribution in [3.05, 3.63) is 46.5 Å². The number of rotatable bonds is 2. The minimum Gasteiger partial charge on any atom is -0.366 e. The van der Waals surface area contributed by atoms with Gasteiger partial charge in [0.05, 0.1) is 13.2 Å². The Morgan fingerprint density at radius 2 is 2.22 bits per heavy atom. The number of benzene rings is 1. The van der Waals surface area contributed by atoms with Crippen molar-refractivity contribution in [3.63, 3.8) is 0 Å². The first-order valence-corrected chi connectivity index (χ1v) is 8.12. The minimum absolute atomic E-state index is 0.0697. The average molecular weight is 312 g/mol. The van der Waals surface area contributed by atoms with Crippen LogP contribution in [-0.4, -0.2) is 45.7 Å². The van der Waals surface area contributed by atoms with Crippen LogP contribution in [0.15, 0.2) is 18.2 Å². The first-order valence-electron chi connectivity index (χ1n) is 8.12. The van der Waals surface area contributed by atoms with Crippen LogP contribution in [0.25, 0.3) is 0 Å². The highest BCUT2D eigenvalue weighted by Crippen LogP contribution is 2.25. The summed E-state index contributed by atoms with van der Waals surface area (Å²) in [7, 11) is 0. The van der Waals surface area contributed by atoms with Gasteiger partial charge in [-0.25, -0.2) is 4.98 Å². The van der Waals surface area contributed by atoms with Gasteiger partial charge in [0.1, 0.15) is 11.9 Å². The lowest BCUT2D eigenvalue weighted by molar-refractivity contribution is -0.0266. The topological polar surface area (TPSA) is 71.1 Å². The van der Waals surface area contributed by atoms with E-state index in [4.69, 9.17) is 4.74 Å². The standard InChI is InChI=1S/C17H20N4O2/c1-11-18-16(20-19-11)15-10-21(7-8-23-15)17(22)14-6-5-12-3-2-4-13(12)9-14/h5-6,9,15H,2-4,7-8,10H2,1H3,(H,18,19,20)/t15-/m1/s1. The molecule has 1 atom stereocenters. The molecule has 23 heavy (non-hydrogen) atoms. The Hall–Kier alpha value is -2.21. The van der Waals surface area contributed by atoms with Crippen molar-refractivity contribution in [1.82, 2.24) is 20.1 Å². The lowest BCUT2D eigenvalue weighted by atomic mass is 10.1. The van der Waals surface area contributed by atoms with Gasteiger partial charge in [0.15, 0.2) is 5.82 Å². The summed E-state index contributed by atoms with van der Waals surface area (Å²) in [5.74, 6) is 1.44. The van der Waals surface area contributed by atoms with Gasteiger partial charge in [0.2, 0.25) is 0 Å². The number of morpholine rings is 1. The molecule has 6 nitrogen and oxygen atoms in total. The van der Waals surface area contributed by atoms with Crippen LogP contribution in [0.2, 0.25) is 0 Å². The minimum atomic E-state index is -0.257. The average Bonchev–Trinajstić information content (AvgIpc) is 3.22. The Morgan fingerprint density at radius 1 is 1.35 bits per heavy atom. The fourth-order valence-corrected chi connectivity index (χ4v) is 3.38. The monoisotopic (exact) mass is 312 g/mol. The molecule has 6 heteroatoms. The number of aromatic nitrogens is 3. The van der Waals surface area contributed by atoms with Crippen molar-refractivity contribution in [1.29, 1.82) is 0 Å². The van der Waals surface area contributed by atoms with E-state index in [1.54, 1.807) is 0 Å². The van der Waals surface area contributed by atoms with Crippen molar-refractivity contribution < 1.29 is 9.53 Å². The number of aromatic amines is 1. The van der Waals surface area contributed by atoms with Gasteiger partial charge in [-0.1, -0.05) is 6.07 Å². The molecule has 1 fully saturated rings. The van der Waals surface area contributed by atoms with Crippen molar-refractivity contribution in [3.8, 4) is 0 Å². The highest BCUT2D eigenvalue weighted by Gasteiger charge is 2.29. The molecule has 2 heterocycles. The van der Waals surface area contributed by atoms with E-state index in [1.165, 1.54) is 17.5 Å². The molecule has 1 N–H and O–H groups in total. The highest BCUT2D eigenvalue weighted by atomic mass is 16.5. The summed E-state index contributed by atoms with van der Waals surface area (Å²) in [6.07, 6.45) is 3.15. The first kappa shape index (κ1) is 14.4. The van der Waals surface area contributed by atoms with Crippen LogP contribution < -0.4 is 0 Å². The third-order valence-corrected chi connectivity index (χ3v) is 4.60. The molecular weight excluding hydrogens is 292 g/mol. The first-order chi connectivity index (χ1) is 11.2. The molecule has 1 aromatic heterocycles. The van der Waals surface area contributed by atoms with Gasteiger partial charge in [-0.05, 0) is 49.4 Å². The van der Waals surface area contributed by atoms with Crippen molar-refractivity contribution in [2.24, 2.45) is 0 Å². The Bertz CT molecular complexity index is 740. The molecule has 0 saturated carbocycles. The normalized spacial score (nSPS) is 20.6. The second-order valence-electron chi connectivity index (χ2n) is 6.23. The second-order valence-corrected chi connectivity index (χ2v) is 6.23. The summed E-state index contributed by atoms with van der Waals surface area (Å²) in [5, 5.41) is 6.98. The maximum atomic E-state index is 12.8. The third-order valence-electron chi connectivity index (χ3n) is 4.60. The predicted octanol–water partition coefficient (Wildman–Crippen LogP) is 1.82. The molecule has 1 amide bonds. The maximum absolute atomic E-state index is 12.8. The second kappa shape index (κ2) is 5.77. The predicted molar refractivity (Wildman–Crippen MR) is 84.2 cm³/mol. The lowest BCUT2D eigenvalue weighted by Gasteiger charge is -2.31. The Labute approximate surface area is 134 Å². The van der Waals surface area contributed by atoms with Crippen LogP contribution in [0.4, 0.5) is 0 Å². The van der Waals surface area contributed by atoms with E-state index in [0.29, 0.717) is 25.5 Å². The molecule has 1 saturated heterocycles. The summed E-state index contributed by atoms with van der Waals surface area (Å²) in [4.78, 5) is 19.0. The van der Waals surface area contributed by atoms with Gasteiger partial charge in [0, 0.05) is 12.1 Å². The summed E-state index contributed by atoms with van der Waals surface area (Å²) >= 11 is 0. The molecule has 0 bridgehead atoms. The summed E-state index contributed by atoms with van der Waals surface area (Å²) < 4.78 is 5.73. The van der Waals surface area contributed by atoms with E-state index >= 15 is 0 Å². The van der Waals surface area contributed by atoms with Crippen molar-refractivity contribution >= 4 is 5.91 Å². The molecule has 2 aliphatic rings. The van der Waals surface area contributed by atoms with Crippen LogP contribution in [0, 0.1) is 6.92 Å². The number of nitrogens with zero attached hydrogens (tertiary/aromatic N) is 3. The number of ether oxygens (including phenoxy) is 1. The number of hydrogen-bond acceptors (Lipinski definition) is 4. The van der Waals surface area contributed by atoms with Gasteiger partial charge < -0.3 is 9.64 Å². The van der Waals surface area contributed by atoms with Crippen molar-refractivity contribution in [2.75, 3.05) is 19.7 Å². The zero-order valence-corrected chi connectivity index (χ0v) is 13.2. The Balaban J connectivity index is 1.51. The largest absolute Gasteiger partial charge is 0.366 e. The molecule has 1 aliphatic carbocycles. The summed E-state index contributed by atoms with van der Waals surface area (Å²) in [6.45, 7) is 3.46. The molecule has 2 aromatic rings. The third kappa shape index (κ3) is 2.74. The number of nitrogens with one attached hydrogen (secondary N) is 1. The highest BCUT2D eigenvalue weighted by molar-refractivity contribution is 5.94. The molecule has 0 spiro atoms. The quantitative estimate of drug-likeness (QED) is 0.918. The van der Waals surface area contributed by atoms with E-state index < -0.39 is 0 Å². The fraction of sp³-hybridized carbons (Fsp3) is 0.471. The number of carbonyl (C=O) groups is 1. The molecule has 0 unspecified atom stereocenters. The van der Waals surface area contributed by atoms with Crippen LogP contribution in [0.3, 0.4) is 0 Å². The number of H-pyrrole nitrogens is 1. The molecular formula is C17H20N4O2. The Kier molecular flexibility index (Phi) is 3.61. The van der Waals surface area contributed by atoms with Crippen LogP contribution in [0.5, 0.6) is 0 Å². The van der Waals surface area contributed by atoms with Gasteiger partial charge in [-0.2, -0.15) is 5.10 Å². The van der Waals surface area contributed by atoms with E-state index in [2.05, 4.69) is 27.3 Å². The van der Waals surface area contributed by atoms with Gasteiger partial charge in [-0.15, -0.1) is 0 Å². The number of amides is 1. The van der Waals surface area contributed by atoms with E-state index in [1.807, 2.05) is 17.9 Å². The smallest absolute Gasteiger partial charge is 0.254 e. The fourth-order valence-electron chi connectivity index (χ4n) is 3.38. The van der Waals surface area contributed by atoms with Crippen LogP contribution >= 0.6 is 0 Å². The molecule has 120 valence electrons. The molecule has 1 aromatic carbocycles. The zero-order chi connectivity index (χ0) is 15.8. The van der Waals surface area contributed by atoms with Gasteiger partial charge >= 0.3 is 0 Å². The van der Waals surface area contributed by atoms with E-state index in [9.17, 15) is 4.79 Å². The summed E-state index contributed by atoms with van der Waals surface area (Å²) in [5.41, 5.74) is 3.49. The molecule has 1 aliphatic heterocycles. The molecule has 0 radical (unpaired) electrons. The number of carbonyl (C=O) groups excluding carboxylic acids is 1. The van der Waals surface area contributed by atoms with Crippen LogP contribution in [-0.2, 0) is 17.6 Å². The van der Waals surface area contributed by atoms with Gasteiger partial charge in [-0.3, -0.25) is 9.89 Å². The van der Waals surface area contributed by atoms with E-state index in [-0.39, 0.29) is 12.0 Å². The maximum Gasteiger partial charge on any atom is 0.254 e. The van der Waals surface area contributed by atoms with Gasteiger partial charge in [0.25, 0.3) is 5.91 Å². The Morgan fingerprint density at radius 3 is 3.04 bits per heavy atom. The summed E-state index contributed by atoms with van der Waals surface area (Å²) in [6, 6.07) is 6.12. The lowest BCUT2D eigenvalue weighted by Crippen LogP contribution is -2.42. The van der Waals surface area contributed by atoms with Crippen LogP contribution in [0.1, 0.15) is 45.7 Å². The number of hydrogen-bond donors (Lipinski definition) is 1. The van der Waals surface area contributed by atoms with E-state index in [0.717, 1.165) is 24.2 Å². The molecule has 4 rings (SSSR count). The SMILES string of the molecule is Cc1nc([C@H]2CN(C(=O)c3ccc4c(c3)CCC4)CCO2)n[nH]1.